The summed E-state index contributed by atoms with van der Waals surface area (Å²) < 4.78 is 0.978. The Balaban J connectivity index is 2.01. The number of hydrogen-bond acceptors (Lipinski definition) is 2. The quantitative estimate of drug-likeness (QED) is 0.884. The Morgan fingerprint density at radius 3 is 2.38 bits per heavy atom. The van der Waals surface area contributed by atoms with Crippen molar-refractivity contribution in [3.63, 3.8) is 0 Å². The molecule has 2 amide bonds. The first kappa shape index (κ1) is 16.0. The maximum atomic E-state index is 12.6. The number of carbonyl (C=O) groups is 2. The molecule has 0 bridgehead atoms. The molecule has 1 saturated carbocycles. The first-order valence-corrected chi connectivity index (χ1v) is 7.91. The Bertz CT molecular complexity index is 536. The van der Waals surface area contributed by atoms with Crippen molar-refractivity contribution in [1.29, 1.82) is 0 Å². The van der Waals surface area contributed by atoms with E-state index in [0.29, 0.717) is 6.04 Å². The summed E-state index contributed by atoms with van der Waals surface area (Å²) in [6.45, 7) is 3.87. The Morgan fingerprint density at radius 1 is 1.29 bits per heavy atom. The van der Waals surface area contributed by atoms with Crippen LogP contribution in [0, 0.1) is 0 Å². The molecule has 1 aliphatic rings. The van der Waals surface area contributed by atoms with Crippen LogP contribution in [-0.4, -0.2) is 36.3 Å². The molecule has 5 heteroatoms. The maximum absolute atomic E-state index is 12.6. The predicted molar refractivity (Wildman–Crippen MR) is 86.0 cm³/mol. The number of nitrogens with one attached hydrogen (secondary N) is 1. The summed E-state index contributed by atoms with van der Waals surface area (Å²) in [5.41, 5.74) is 0.278. The van der Waals surface area contributed by atoms with Crippen LogP contribution in [-0.2, 0) is 15.0 Å². The summed E-state index contributed by atoms with van der Waals surface area (Å²) in [5, 5.41) is 2.90. The molecule has 0 aromatic heterocycles. The van der Waals surface area contributed by atoms with Crippen molar-refractivity contribution in [2.75, 3.05) is 13.6 Å². The van der Waals surface area contributed by atoms with Crippen LogP contribution in [0.5, 0.6) is 0 Å². The van der Waals surface area contributed by atoms with E-state index in [4.69, 9.17) is 0 Å². The molecule has 1 aromatic carbocycles. The van der Waals surface area contributed by atoms with E-state index in [9.17, 15) is 9.59 Å². The van der Waals surface area contributed by atoms with Gasteiger partial charge < -0.3 is 10.2 Å². The molecule has 114 valence electrons. The standard InChI is InChI=1S/C16H21BrN2O2/c1-16(2,11-4-6-12(17)7-5-11)15(21)19(3)10-14(20)18-13-8-9-13/h4-7,13H,8-10H2,1-3H3,(H,18,20). The molecule has 1 fully saturated rings. The summed E-state index contributed by atoms with van der Waals surface area (Å²) in [6, 6.07) is 8.02. The molecular weight excluding hydrogens is 332 g/mol. The zero-order valence-corrected chi connectivity index (χ0v) is 14.2. The molecular formula is C16H21BrN2O2. The van der Waals surface area contributed by atoms with E-state index < -0.39 is 5.41 Å². The molecule has 0 saturated heterocycles. The van der Waals surface area contributed by atoms with Gasteiger partial charge in [0.25, 0.3) is 0 Å². The van der Waals surface area contributed by atoms with Crippen LogP contribution in [0.3, 0.4) is 0 Å². The molecule has 1 aromatic rings. The van der Waals surface area contributed by atoms with Gasteiger partial charge in [-0.1, -0.05) is 28.1 Å². The topological polar surface area (TPSA) is 49.4 Å². The third-order valence-electron chi connectivity index (χ3n) is 3.77. The van der Waals surface area contributed by atoms with Crippen molar-refractivity contribution >= 4 is 27.7 Å². The van der Waals surface area contributed by atoms with Crippen molar-refractivity contribution in [3.8, 4) is 0 Å². The molecule has 0 radical (unpaired) electrons. The normalized spacial score (nSPS) is 14.7. The van der Waals surface area contributed by atoms with Gasteiger partial charge in [0.05, 0.1) is 12.0 Å². The molecule has 2 rings (SSSR count). The lowest BCUT2D eigenvalue weighted by Gasteiger charge is -2.29. The number of amides is 2. The summed E-state index contributed by atoms with van der Waals surface area (Å²) in [4.78, 5) is 25.9. The van der Waals surface area contributed by atoms with E-state index in [0.717, 1.165) is 22.9 Å². The molecule has 4 nitrogen and oxygen atoms in total. The van der Waals surface area contributed by atoms with Gasteiger partial charge in [-0.3, -0.25) is 9.59 Å². The second kappa shape index (κ2) is 6.18. The van der Waals surface area contributed by atoms with Crippen LogP contribution in [0.1, 0.15) is 32.3 Å². The van der Waals surface area contributed by atoms with E-state index in [1.54, 1.807) is 7.05 Å². The van der Waals surface area contributed by atoms with Gasteiger partial charge in [0, 0.05) is 17.6 Å². The number of nitrogens with zero attached hydrogens (tertiary/aromatic N) is 1. The Labute approximate surface area is 134 Å². The van der Waals surface area contributed by atoms with Crippen LogP contribution >= 0.6 is 15.9 Å². The zero-order valence-electron chi connectivity index (χ0n) is 12.6. The fourth-order valence-corrected chi connectivity index (χ4v) is 2.52. The van der Waals surface area contributed by atoms with Gasteiger partial charge in [-0.25, -0.2) is 0 Å². The van der Waals surface area contributed by atoms with Crippen molar-refractivity contribution in [1.82, 2.24) is 10.2 Å². The van der Waals surface area contributed by atoms with Crippen LogP contribution in [0.4, 0.5) is 0 Å². The maximum Gasteiger partial charge on any atom is 0.239 e. The molecule has 0 heterocycles. The highest BCUT2D eigenvalue weighted by Crippen LogP contribution is 2.26. The average Bonchev–Trinajstić information content (AvgIpc) is 3.21. The lowest BCUT2D eigenvalue weighted by atomic mass is 9.83. The minimum absolute atomic E-state index is 0.0595. The van der Waals surface area contributed by atoms with Crippen molar-refractivity contribution < 1.29 is 9.59 Å². The molecule has 0 aliphatic heterocycles. The summed E-state index contributed by atoms with van der Waals surface area (Å²) >= 11 is 3.39. The van der Waals surface area contributed by atoms with Crippen LogP contribution in [0.25, 0.3) is 0 Å². The fourth-order valence-electron chi connectivity index (χ4n) is 2.26. The van der Waals surface area contributed by atoms with Gasteiger partial charge in [0.1, 0.15) is 0 Å². The van der Waals surface area contributed by atoms with E-state index in [1.807, 2.05) is 38.1 Å². The SMILES string of the molecule is CN(CC(=O)NC1CC1)C(=O)C(C)(C)c1ccc(Br)cc1. The summed E-state index contributed by atoms with van der Waals surface area (Å²) in [6.07, 6.45) is 2.10. The van der Waals surface area contributed by atoms with Gasteiger partial charge in [0.2, 0.25) is 11.8 Å². The summed E-state index contributed by atoms with van der Waals surface area (Å²) in [5.74, 6) is -0.143. The highest BCUT2D eigenvalue weighted by Gasteiger charge is 2.33. The highest BCUT2D eigenvalue weighted by molar-refractivity contribution is 9.10. The zero-order chi connectivity index (χ0) is 15.6. The van der Waals surface area contributed by atoms with Gasteiger partial charge in [-0.05, 0) is 44.4 Å². The second-order valence-corrected chi connectivity index (χ2v) is 7.05. The van der Waals surface area contributed by atoms with E-state index in [1.165, 1.54) is 4.90 Å². The highest BCUT2D eigenvalue weighted by atomic mass is 79.9. The number of carbonyl (C=O) groups excluding carboxylic acids is 2. The molecule has 0 atom stereocenters. The molecule has 0 spiro atoms. The lowest BCUT2D eigenvalue weighted by Crippen LogP contribution is -2.46. The lowest BCUT2D eigenvalue weighted by molar-refractivity contribution is -0.138. The first-order chi connectivity index (χ1) is 9.80. The van der Waals surface area contributed by atoms with Crippen LogP contribution < -0.4 is 5.32 Å². The minimum atomic E-state index is -0.657. The number of halogens is 1. The van der Waals surface area contributed by atoms with Gasteiger partial charge >= 0.3 is 0 Å². The molecule has 0 unspecified atom stereocenters. The number of benzene rings is 1. The Morgan fingerprint density at radius 2 is 1.86 bits per heavy atom. The monoisotopic (exact) mass is 352 g/mol. The Kier molecular flexibility index (Phi) is 4.71. The number of hydrogen-bond donors (Lipinski definition) is 1. The Hall–Kier alpha value is -1.36. The predicted octanol–water partition coefficient (Wildman–Crippen LogP) is 2.46. The number of likely N-dealkylation sites (N-methyl/N-ethyl adjacent to an activating group) is 1. The van der Waals surface area contributed by atoms with E-state index >= 15 is 0 Å². The van der Waals surface area contributed by atoms with E-state index in [2.05, 4.69) is 21.2 Å². The van der Waals surface area contributed by atoms with Gasteiger partial charge in [0.15, 0.2) is 0 Å². The third kappa shape index (κ3) is 4.06. The first-order valence-electron chi connectivity index (χ1n) is 7.11. The molecule has 1 N–H and O–H groups in total. The summed E-state index contributed by atoms with van der Waals surface area (Å²) in [7, 11) is 1.68. The fraction of sp³-hybridized carbons (Fsp3) is 0.500. The van der Waals surface area contributed by atoms with Crippen molar-refractivity contribution in [2.24, 2.45) is 0 Å². The van der Waals surface area contributed by atoms with Crippen LogP contribution in [0.15, 0.2) is 28.7 Å². The second-order valence-electron chi connectivity index (χ2n) is 6.13. The van der Waals surface area contributed by atoms with E-state index in [-0.39, 0.29) is 18.4 Å². The van der Waals surface area contributed by atoms with Gasteiger partial charge in [-0.15, -0.1) is 0 Å². The van der Waals surface area contributed by atoms with Gasteiger partial charge in [-0.2, -0.15) is 0 Å². The van der Waals surface area contributed by atoms with Crippen molar-refractivity contribution in [3.05, 3.63) is 34.3 Å². The number of rotatable bonds is 5. The smallest absolute Gasteiger partial charge is 0.239 e. The largest absolute Gasteiger partial charge is 0.352 e. The van der Waals surface area contributed by atoms with Crippen molar-refractivity contribution in [2.45, 2.75) is 38.1 Å². The third-order valence-corrected chi connectivity index (χ3v) is 4.30. The average molecular weight is 353 g/mol. The molecule has 21 heavy (non-hydrogen) atoms. The minimum Gasteiger partial charge on any atom is -0.352 e. The van der Waals surface area contributed by atoms with Crippen LogP contribution in [0.2, 0.25) is 0 Å². The molecule has 1 aliphatic carbocycles.